The topological polar surface area (TPSA) is 72.6 Å². The number of nitrogens with zero attached hydrogens (tertiary/aromatic N) is 1. The molecule has 1 aliphatic heterocycles. The van der Waals surface area contributed by atoms with Gasteiger partial charge in [0.2, 0.25) is 10.0 Å². The third-order valence-electron chi connectivity index (χ3n) is 3.42. The molecule has 0 aromatic carbocycles. The molecule has 1 aliphatic rings. The van der Waals surface area contributed by atoms with Crippen molar-refractivity contribution in [3.8, 4) is 0 Å². The van der Waals surface area contributed by atoms with Gasteiger partial charge in [0, 0.05) is 32.8 Å². The number of nitrogens with two attached hydrogens (primary N) is 1. The minimum atomic E-state index is -3.15. The average molecular weight is 264 g/mol. The van der Waals surface area contributed by atoms with Gasteiger partial charge >= 0.3 is 0 Å². The standard InChI is InChI=1S/C11H24N2O3S/c1-11(2)9-13(6-5-10(11)12)17(14,15)8-4-7-16-3/h10H,4-9,12H2,1-3H3. The first-order valence-corrected chi connectivity index (χ1v) is 7.63. The summed E-state index contributed by atoms with van der Waals surface area (Å²) in [6.07, 6.45) is 1.28. The van der Waals surface area contributed by atoms with Crippen molar-refractivity contribution >= 4 is 10.0 Å². The van der Waals surface area contributed by atoms with E-state index in [0.717, 1.165) is 6.42 Å². The second-order valence-corrected chi connectivity index (χ2v) is 7.47. The molecule has 102 valence electrons. The van der Waals surface area contributed by atoms with Crippen LogP contribution in [0, 0.1) is 5.41 Å². The summed E-state index contributed by atoms with van der Waals surface area (Å²) in [6, 6.07) is 0.0768. The van der Waals surface area contributed by atoms with E-state index in [1.54, 1.807) is 11.4 Å². The molecule has 1 rings (SSSR count). The van der Waals surface area contributed by atoms with Crippen LogP contribution in [-0.2, 0) is 14.8 Å². The van der Waals surface area contributed by atoms with E-state index in [0.29, 0.717) is 26.1 Å². The van der Waals surface area contributed by atoms with E-state index in [1.165, 1.54) is 0 Å². The van der Waals surface area contributed by atoms with Gasteiger partial charge in [-0.05, 0) is 18.3 Å². The number of piperidine rings is 1. The lowest BCUT2D eigenvalue weighted by molar-refractivity contribution is 0.154. The number of methoxy groups -OCH3 is 1. The summed E-state index contributed by atoms with van der Waals surface area (Å²) < 4.78 is 30.6. The molecule has 1 fully saturated rings. The molecule has 0 amide bonds. The highest BCUT2D eigenvalue weighted by atomic mass is 32.2. The molecule has 1 atom stereocenters. The summed E-state index contributed by atoms with van der Waals surface area (Å²) in [5.41, 5.74) is 5.85. The van der Waals surface area contributed by atoms with Gasteiger partial charge in [-0.2, -0.15) is 0 Å². The molecule has 5 nitrogen and oxygen atoms in total. The van der Waals surface area contributed by atoms with Crippen LogP contribution in [0.5, 0.6) is 0 Å². The van der Waals surface area contributed by atoms with Gasteiger partial charge in [-0.1, -0.05) is 13.8 Å². The van der Waals surface area contributed by atoms with E-state index < -0.39 is 10.0 Å². The molecule has 2 N–H and O–H groups in total. The van der Waals surface area contributed by atoms with E-state index in [4.69, 9.17) is 10.5 Å². The highest BCUT2D eigenvalue weighted by Gasteiger charge is 2.37. The number of hydrogen-bond acceptors (Lipinski definition) is 4. The first-order valence-electron chi connectivity index (χ1n) is 6.02. The van der Waals surface area contributed by atoms with Crippen molar-refractivity contribution in [1.29, 1.82) is 0 Å². The van der Waals surface area contributed by atoms with Crippen LogP contribution in [0.2, 0.25) is 0 Å². The van der Waals surface area contributed by atoms with E-state index in [2.05, 4.69) is 0 Å². The summed E-state index contributed by atoms with van der Waals surface area (Å²) in [7, 11) is -1.57. The monoisotopic (exact) mass is 264 g/mol. The van der Waals surface area contributed by atoms with Gasteiger partial charge < -0.3 is 10.5 Å². The van der Waals surface area contributed by atoms with Crippen LogP contribution in [0.15, 0.2) is 0 Å². The molecular formula is C11H24N2O3S. The predicted molar refractivity (Wildman–Crippen MR) is 68.2 cm³/mol. The Kier molecular flexibility index (Phi) is 4.95. The summed E-state index contributed by atoms with van der Waals surface area (Å²) in [5.74, 6) is 0.159. The third-order valence-corrected chi connectivity index (χ3v) is 5.32. The van der Waals surface area contributed by atoms with Crippen molar-refractivity contribution in [2.24, 2.45) is 11.1 Å². The van der Waals surface area contributed by atoms with Gasteiger partial charge in [0.05, 0.1) is 5.75 Å². The lowest BCUT2D eigenvalue weighted by atomic mass is 9.81. The maximum absolute atomic E-state index is 12.1. The first-order chi connectivity index (χ1) is 7.79. The molecule has 0 aromatic rings. The van der Waals surface area contributed by atoms with Crippen molar-refractivity contribution in [3.63, 3.8) is 0 Å². The number of ether oxygens (including phenoxy) is 1. The molecule has 17 heavy (non-hydrogen) atoms. The van der Waals surface area contributed by atoms with Crippen LogP contribution < -0.4 is 5.73 Å². The molecule has 0 bridgehead atoms. The van der Waals surface area contributed by atoms with Gasteiger partial charge in [0.1, 0.15) is 0 Å². The average Bonchev–Trinajstić information content (AvgIpc) is 2.22. The quantitative estimate of drug-likeness (QED) is 0.730. The van der Waals surface area contributed by atoms with Crippen molar-refractivity contribution in [3.05, 3.63) is 0 Å². The molecule has 0 aromatic heterocycles. The fourth-order valence-electron chi connectivity index (χ4n) is 2.08. The maximum atomic E-state index is 12.1. The second-order valence-electron chi connectivity index (χ2n) is 5.38. The van der Waals surface area contributed by atoms with E-state index >= 15 is 0 Å². The summed E-state index contributed by atoms with van der Waals surface area (Å²) in [6.45, 7) is 5.59. The number of hydrogen-bond donors (Lipinski definition) is 1. The fourth-order valence-corrected chi connectivity index (χ4v) is 3.73. The maximum Gasteiger partial charge on any atom is 0.214 e. The van der Waals surface area contributed by atoms with Gasteiger partial charge in [0.15, 0.2) is 0 Å². The second kappa shape index (κ2) is 5.65. The molecule has 6 heteroatoms. The molecule has 0 radical (unpaired) electrons. The number of sulfonamides is 1. The Balaban J connectivity index is 2.61. The fraction of sp³-hybridized carbons (Fsp3) is 1.00. The lowest BCUT2D eigenvalue weighted by Gasteiger charge is -2.41. The molecule has 1 saturated heterocycles. The smallest absolute Gasteiger partial charge is 0.214 e. The summed E-state index contributed by atoms with van der Waals surface area (Å²) in [5, 5.41) is 0. The Morgan fingerprint density at radius 1 is 1.47 bits per heavy atom. The van der Waals surface area contributed by atoms with Crippen LogP contribution >= 0.6 is 0 Å². The molecule has 1 heterocycles. The molecule has 0 saturated carbocycles. The van der Waals surface area contributed by atoms with E-state index in [-0.39, 0.29) is 17.2 Å². The lowest BCUT2D eigenvalue weighted by Crippen LogP contribution is -2.54. The largest absolute Gasteiger partial charge is 0.385 e. The van der Waals surface area contributed by atoms with E-state index in [1.807, 2.05) is 13.8 Å². The summed E-state index contributed by atoms with van der Waals surface area (Å²) in [4.78, 5) is 0. The normalized spacial score (nSPS) is 26.0. The van der Waals surface area contributed by atoms with Crippen molar-refractivity contribution in [2.45, 2.75) is 32.7 Å². The minimum Gasteiger partial charge on any atom is -0.385 e. The van der Waals surface area contributed by atoms with Crippen molar-refractivity contribution in [1.82, 2.24) is 4.31 Å². The van der Waals surface area contributed by atoms with Crippen LogP contribution in [0.3, 0.4) is 0 Å². The van der Waals surface area contributed by atoms with Crippen LogP contribution in [0.1, 0.15) is 26.7 Å². The minimum absolute atomic E-state index is 0.0768. The van der Waals surface area contributed by atoms with Crippen LogP contribution in [0.4, 0.5) is 0 Å². The Hall–Kier alpha value is -0.170. The SMILES string of the molecule is COCCCS(=O)(=O)N1CCC(N)C(C)(C)C1. The highest BCUT2D eigenvalue weighted by molar-refractivity contribution is 7.89. The molecule has 1 unspecified atom stereocenters. The zero-order chi connectivity index (χ0) is 13.1. The Bertz CT molecular complexity index is 341. The molecular weight excluding hydrogens is 240 g/mol. The first kappa shape index (κ1) is 14.9. The zero-order valence-electron chi connectivity index (χ0n) is 11.0. The molecule has 0 spiro atoms. The van der Waals surface area contributed by atoms with Gasteiger partial charge in [-0.3, -0.25) is 0 Å². The van der Waals surface area contributed by atoms with Gasteiger partial charge in [-0.25, -0.2) is 12.7 Å². The molecule has 0 aliphatic carbocycles. The van der Waals surface area contributed by atoms with Gasteiger partial charge in [-0.15, -0.1) is 0 Å². The third kappa shape index (κ3) is 3.91. The predicted octanol–water partition coefficient (Wildman–Crippen LogP) is 0.412. The number of rotatable bonds is 5. The Morgan fingerprint density at radius 2 is 2.12 bits per heavy atom. The van der Waals surface area contributed by atoms with E-state index in [9.17, 15) is 8.42 Å². The Morgan fingerprint density at radius 3 is 2.65 bits per heavy atom. The van der Waals surface area contributed by atoms with Gasteiger partial charge in [0.25, 0.3) is 0 Å². The van der Waals surface area contributed by atoms with Crippen molar-refractivity contribution in [2.75, 3.05) is 32.6 Å². The zero-order valence-corrected chi connectivity index (χ0v) is 11.8. The van der Waals surface area contributed by atoms with Crippen LogP contribution in [0.25, 0.3) is 0 Å². The Labute approximate surface area is 104 Å². The highest BCUT2D eigenvalue weighted by Crippen LogP contribution is 2.29. The van der Waals surface area contributed by atoms with Crippen LogP contribution in [-0.4, -0.2) is 51.3 Å². The van der Waals surface area contributed by atoms with Crippen molar-refractivity contribution < 1.29 is 13.2 Å². The summed E-state index contributed by atoms with van der Waals surface area (Å²) >= 11 is 0.